The maximum atomic E-state index is 4.36. The Labute approximate surface area is 71.3 Å². The molecule has 0 aliphatic rings. The molecule has 0 N–H and O–H groups in total. The molecule has 2 heteroatoms. The molecule has 2 aromatic rings. The zero-order chi connectivity index (χ0) is 8.55. The van der Waals surface area contributed by atoms with E-state index in [1.165, 1.54) is 5.56 Å². The van der Waals surface area contributed by atoms with Crippen LogP contribution >= 0.6 is 0 Å². The molecular weight excluding hydrogens is 148 g/mol. The van der Waals surface area contributed by atoms with Gasteiger partial charge >= 0.3 is 0 Å². The SMILES string of the molecule is Cc1ncc2cccc(C)c2n1. The topological polar surface area (TPSA) is 25.8 Å². The monoisotopic (exact) mass is 158 g/mol. The Bertz CT molecular complexity index is 421. The Balaban J connectivity index is 2.88. The molecule has 0 fully saturated rings. The van der Waals surface area contributed by atoms with E-state index < -0.39 is 0 Å². The van der Waals surface area contributed by atoms with Crippen molar-refractivity contribution < 1.29 is 0 Å². The van der Waals surface area contributed by atoms with E-state index in [2.05, 4.69) is 23.0 Å². The van der Waals surface area contributed by atoms with Crippen molar-refractivity contribution in [2.45, 2.75) is 13.8 Å². The predicted molar refractivity (Wildman–Crippen MR) is 49.0 cm³/mol. The summed E-state index contributed by atoms with van der Waals surface area (Å²) in [6.45, 7) is 3.97. The summed E-state index contributed by atoms with van der Waals surface area (Å²) in [4.78, 5) is 8.50. The largest absolute Gasteiger partial charge is 0.241 e. The quantitative estimate of drug-likeness (QED) is 0.587. The highest BCUT2D eigenvalue weighted by Crippen LogP contribution is 2.14. The maximum absolute atomic E-state index is 4.36. The van der Waals surface area contributed by atoms with E-state index in [0.717, 1.165) is 16.7 Å². The van der Waals surface area contributed by atoms with Crippen LogP contribution in [0.2, 0.25) is 0 Å². The van der Waals surface area contributed by atoms with Crippen LogP contribution in [0.5, 0.6) is 0 Å². The molecule has 0 unspecified atom stereocenters. The van der Waals surface area contributed by atoms with Gasteiger partial charge in [-0.1, -0.05) is 18.2 Å². The van der Waals surface area contributed by atoms with Crippen molar-refractivity contribution in [2.75, 3.05) is 0 Å². The average molecular weight is 158 g/mol. The molecule has 1 aromatic heterocycles. The number of aryl methyl sites for hydroxylation is 2. The summed E-state index contributed by atoms with van der Waals surface area (Å²) in [6.07, 6.45) is 1.87. The smallest absolute Gasteiger partial charge is 0.125 e. The molecule has 0 atom stereocenters. The second-order valence-corrected chi connectivity index (χ2v) is 2.93. The third-order valence-corrected chi connectivity index (χ3v) is 1.93. The van der Waals surface area contributed by atoms with Crippen LogP contribution in [0.15, 0.2) is 24.4 Å². The molecule has 1 aromatic carbocycles. The van der Waals surface area contributed by atoms with Gasteiger partial charge in [0.25, 0.3) is 0 Å². The summed E-state index contributed by atoms with van der Waals surface area (Å²) in [6, 6.07) is 6.12. The van der Waals surface area contributed by atoms with Gasteiger partial charge in [-0.25, -0.2) is 9.97 Å². The summed E-state index contributed by atoms with van der Waals surface area (Å²) >= 11 is 0. The first kappa shape index (κ1) is 7.22. The van der Waals surface area contributed by atoms with Gasteiger partial charge in [0, 0.05) is 11.6 Å². The number of aromatic nitrogens is 2. The van der Waals surface area contributed by atoms with Gasteiger partial charge in [0.15, 0.2) is 0 Å². The van der Waals surface area contributed by atoms with Crippen LogP contribution in [0, 0.1) is 13.8 Å². The van der Waals surface area contributed by atoms with Gasteiger partial charge in [-0.05, 0) is 19.4 Å². The third kappa shape index (κ3) is 1.05. The minimum absolute atomic E-state index is 0.830. The van der Waals surface area contributed by atoms with Crippen molar-refractivity contribution >= 4 is 10.9 Å². The lowest BCUT2D eigenvalue weighted by atomic mass is 10.1. The second-order valence-electron chi connectivity index (χ2n) is 2.93. The van der Waals surface area contributed by atoms with Crippen molar-refractivity contribution in [1.29, 1.82) is 0 Å². The third-order valence-electron chi connectivity index (χ3n) is 1.93. The second kappa shape index (κ2) is 2.55. The molecule has 0 saturated heterocycles. The molecule has 0 aliphatic carbocycles. The van der Waals surface area contributed by atoms with Crippen molar-refractivity contribution in [3.05, 3.63) is 35.8 Å². The van der Waals surface area contributed by atoms with Crippen molar-refractivity contribution in [2.24, 2.45) is 0 Å². The van der Waals surface area contributed by atoms with Crippen LogP contribution < -0.4 is 0 Å². The van der Waals surface area contributed by atoms with E-state index in [-0.39, 0.29) is 0 Å². The Kier molecular flexibility index (Phi) is 1.54. The Morgan fingerprint density at radius 3 is 2.83 bits per heavy atom. The van der Waals surface area contributed by atoms with E-state index in [4.69, 9.17) is 0 Å². The first-order chi connectivity index (χ1) is 5.77. The lowest BCUT2D eigenvalue weighted by Crippen LogP contribution is -1.89. The first-order valence-electron chi connectivity index (χ1n) is 3.96. The Morgan fingerprint density at radius 2 is 2.00 bits per heavy atom. The highest BCUT2D eigenvalue weighted by molar-refractivity contribution is 5.80. The number of hydrogen-bond acceptors (Lipinski definition) is 2. The lowest BCUT2D eigenvalue weighted by molar-refractivity contribution is 1.09. The van der Waals surface area contributed by atoms with Crippen LogP contribution in [0.3, 0.4) is 0 Å². The molecule has 2 rings (SSSR count). The number of rotatable bonds is 0. The lowest BCUT2D eigenvalue weighted by Gasteiger charge is -2.00. The number of fused-ring (bicyclic) bond motifs is 1. The van der Waals surface area contributed by atoms with E-state index >= 15 is 0 Å². The number of para-hydroxylation sites is 1. The highest BCUT2D eigenvalue weighted by atomic mass is 14.9. The number of hydrogen-bond donors (Lipinski definition) is 0. The molecule has 60 valence electrons. The van der Waals surface area contributed by atoms with Gasteiger partial charge in [-0.15, -0.1) is 0 Å². The van der Waals surface area contributed by atoms with Gasteiger partial charge in [0.2, 0.25) is 0 Å². The molecule has 0 spiro atoms. The zero-order valence-electron chi connectivity index (χ0n) is 7.20. The summed E-state index contributed by atoms with van der Waals surface area (Å²) in [5.41, 5.74) is 2.27. The summed E-state index contributed by atoms with van der Waals surface area (Å²) < 4.78 is 0. The molecule has 0 aliphatic heterocycles. The summed E-state index contributed by atoms with van der Waals surface area (Å²) in [5.74, 6) is 0.830. The van der Waals surface area contributed by atoms with Gasteiger partial charge in [0.05, 0.1) is 5.52 Å². The van der Waals surface area contributed by atoms with E-state index in [9.17, 15) is 0 Å². The van der Waals surface area contributed by atoms with Gasteiger partial charge in [0.1, 0.15) is 5.82 Å². The van der Waals surface area contributed by atoms with Crippen LogP contribution in [0.25, 0.3) is 10.9 Å². The normalized spacial score (nSPS) is 10.5. The molecule has 0 radical (unpaired) electrons. The fraction of sp³-hybridized carbons (Fsp3) is 0.200. The van der Waals surface area contributed by atoms with E-state index in [1.54, 1.807) is 0 Å². The standard InChI is InChI=1S/C10H10N2/c1-7-4-3-5-9-6-11-8(2)12-10(7)9/h3-6H,1-2H3. The van der Waals surface area contributed by atoms with Gasteiger partial charge in [-0.3, -0.25) is 0 Å². The number of nitrogens with zero attached hydrogens (tertiary/aromatic N) is 2. The molecule has 1 heterocycles. The summed E-state index contributed by atoms with van der Waals surface area (Å²) in [7, 11) is 0. The Morgan fingerprint density at radius 1 is 1.17 bits per heavy atom. The van der Waals surface area contributed by atoms with Crippen LogP contribution in [0.4, 0.5) is 0 Å². The fourth-order valence-corrected chi connectivity index (χ4v) is 1.29. The fourth-order valence-electron chi connectivity index (χ4n) is 1.29. The predicted octanol–water partition coefficient (Wildman–Crippen LogP) is 2.25. The minimum Gasteiger partial charge on any atom is -0.241 e. The molecule has 2 nitrogen and oxygen atoms in total. The molecular formula is C10H10N2. The first-order valence-corrected chi connectivity index (χ1v) is 3.96. The molecule has 0 amide bonds. The van der Waals surface area contributed by atoms with Gasteiger partial charge < -0.3 is 0 Å². The summed E-state index contributed by atoms with van der Waals surface area (Å²) in [5, 5.41) is 1.11. The van der Waals surface area contributed by atoms with Crippen molar-refractivity contribution in [3.63, 3.8) is 0 Å². The van der Waals surface area contributed by atoms with Crippen LogP contribution in [-0.2, 0) is 0 Å². The van der Waals surface area contributed by atoms with Crippen LogP contribution in [0.1, 0.15) is 11.4 Å². The molecule has 0 saturated carbocycles. The maximum Gasteiger partial charge on any atom is 0.125 e. The number of benzene rings is 1. The Hall–Kier alpha value is -1.44. The average Bonchev–Trinajstić information content (AvgIpc) is 2.07. The highest BCUT2D eigenvalue weighted by Gasteiger charge is 1.97. The van der Waals surface area contributed by atoms with Gasteiger partial charge in [-0.2, -0.15) is 0 Å². The van der Waals surface area contributed by atoms with E-state index in [1.807, 2.05) is 25.3 Å². The van der Waals surface area contributed by atoms with E-state index in [0.29, 0.717) is 0 Å². The minimum atomic E-state index is 0.830. The van der Waals surface area contributed by atoms with Crippen molar-refractivity contribution in [1.82, 2.24) is 9.97 Å². The van der Waals surface area contributed by atoms with Crippen LogP contribution in [-0.4, -0.2) is 9.97 Å². The molecule has 12 heavy (non-hydrogen) atoms. The molecule has 0 bridgehead atoms. The zero-order valence-corrected chi connectivity index (χ0v) is 7.20. The van der Waals surface area contributed by atoms with Crippen molar-refractivity contribution in [3.8, 4) is 0 Å².